The molecule has 2 amide bonds. The highest BCUT2D eigenvalue weighted by molar-refractivity contribution is 5.91. The second kappa shape index (κ2) is 5.31. The van der Waals surface area contributed by atoms with Gasteiger partial charge in [-0.05, 0) is 6.42 Å². The van der Waals surface area contributed by atoms with Crippen molar-refractivity contribution in [2.45, 2.75) is 18.4 Å². The van der Waals surface area contributed by atoms with Crippen LogP contribution in [0.1, 0.15) is 12.8 Å². The summed E-state index contributed by atoms with van der Waals surface area (Å²) in [6.45, 7) is 6.80. The second-order valence-electron chi connectivity index (χ2n) is 3.26. The lowest BCUT2D eigenvalue weighted by atomic mass is 9.81. The first-order valence-corrected chi connectivity index (χ1v) is 4.43. The number of nitrogens with two attached hydrogens (primary N) is 2. The quantitative estimate of drug-likeness (QED) is 0.493. The molecule has 0 fully saturated rings. The molecule has 0 aromatic rings. The molecule has 0 aliphatic carbocycles. The van der Waals surface area contributed by atoms with Gasteiger partial charge in [-0.25, -0.2) is 0 Å². The summed E-state index contributed by atoms with van der Waals surface area (Å²) >= 11 is 0. The van der Waals surface area contributed by atoms with Crippen LogP contribution in [-0.2, 0) is 9.59 Å². The van der Waals surface area contributed by atoms with Crippen LogP contribution in [0.2, 0.25) is 0 Å². The van der Waals surface area contributed by atoms with Gasteiger partial charge in [-0.3, -0.25) is 9.59 Å². The molecule has 0 aromatic heterocycles. The van der Waals surface area contributed by atoms with Crippen LogP contribution >= 0.6 is 0 Å². The molecule has 0 heterocycles. The third kappa shape index (κ3) is 2.92. The summed E-state index contributed by atoms with van der Waals surface area (Å²) in [7, 11) is 0. The van der Waals surface area contributed by atoms with Gasteiger partial charge in [0, 0.05) is 6.42 Å². The lowest BCUT2D eigenvalue weighted by Crippen LogP contribution is -2.53. The van der Waals surface area contributed by atoms with Crippen molar-refractivity contribution in [1.82, 2.24) is 0 Å². The van der Waals surface area contributed by atoms with Gasteiger partial charge in [0.1, 0.15) is 0 Å². The maximum Gasteiger partial charge on any atom is 0.250 e. The van der Waals surface area contributed by atoms with Gasteiger partial charge in [0.25, 0.3) is 5.91 Å². The second-order valence-corrected chi connectivity index (χ2v) is 3.26. The normalized spacial score (nSPS) is 16.1. The van der Waals surface area contributed by atoms with Crippen molar-refractivity contribution in [1.29, 1.82) is 0 Å². The van der Waals surface area contributed by atoms with E-state index in [0.29, 0.717) is 0 Å². The molecule has 5 heteroatoms. The number of carbonyl (C=O) groups excluding carboxylic acids is 2. The molecular weight excluding hydrogens is 196 g/mol. The number of allylic oxidation sites excluding steroid dienone is 1. The van der Waals surface area contributed by atoms with Gasteiger partial charge in [0.2, 0.25) is 5.91 Å². The molecule has 0 bridgehead atoms. The van der Waals surface area contributed by atoms with Gasteiger partial charge < -0.3 is 16.6 Å². The lowest BCUT2D eigenvalue weighted by Gasteiger charge is -2.29. The molecule has 0 aromatic carbocycles. The fraction of sp³-hybridized carbons (Fsp3) is 0.400. The van der Waals surface area contributed by atoms with Gasteiger partial charge >= 0.3 is 0 Å². The summed E-state index contributed by atoms with van der Waals surface area (Å²) in [6.07, 6.45) is 2.67. The Balaban J connectivity index is 5.15. The molecule has 0 rings (SSSR count). The summed E-state index contributed by atoms with van der Waals surface area (Å²) in [5.74, 6) is -2.86. The van der Waals surface area contributed by atoms with Crippen LogP contribution in [0.4, 0.5) is 0 Å². The molecule has 0 aliphatic rings. The van der Waals surface area contributed by atoms with Gasteiger partial charge in [-0.1, -0.05) is 12.2 Å². The van der Waals surface area contributed by atoms with E-state index in [-0.39, 0.29) is 12.8 Å². The summed E-state index contributed by atoms with van der Waals surface area (Å²) in [4.78, 5) is 22.2. The predicted molar refractivity (Wildman–Crippen MR) is 56.5 cm³/mol. The molecule has 5 N–H and O–H groups in total. The zero-order chi connectivity index (χ0) is 12.1. The van der Waals surface area contributed by atoms with Crippen LogP contribution < -0.4 is 11.5 Å². The summed E-state index contributed by atoms with van der Waals surface area (Å²) in [6, 6.07) is 0. The molecule has 0 saturated carbocycles. The molecule has 0 saturated heterocycles. The molecular formula is C10H16N2O3. The van der Waals surface area contributed by atoms with Crippen molar-refractivity contribution >= 4 is 11.8 Å². The van der Waals surface area contributed by atoms with E-state index in [9.17, 15) is 14.7 Å². The first kappa shape index (κ1) is 13.4. The van der Waals surface area contributed by atoms with Crippen molar-refractivity contribution < 1.29 is 14.7 Å². The van der Waals surface area contributed by atoms with Gasteiger partial charge in [0.05, 0.1) is 5.92 Å². The SMILES string of the molecule is C=CCC(C(N)=O)C(O)(CC=C)C(N)=O. The Morgan fingerprint density at radius 3 is 2.13 bits per heavy atom. The molecule has 0 aliphatic heterocycles. The smallest absolute Gasteiger partial charge is 0.250 e. The Hall–Kier alpha value is -1.62. The number of primary amides is 2. The first-order chi connectivity index (χ1) is 6.90. The fourth-order valence-corrected chi connectivity index (χ4v) is 1.35. The van der Waals surface area contributed by atoms with Crippen LogP contribution in [0.5, 0.6) is 0 Å². The zero-order valence-electron chi connectivity index (χ0n) is 8.48. The minimum absolute atomic E-state index is 0.0859. The minimum atomic E-state index is -1.98. The minimum Gasteiger partial charge on any atom is -0.379 e. The Bertz CT molecular complexity index is 288. The lowest BCUT2D eigenvalue weighted by molar-refractivity contribution is -0.149. The Labute approximate surface area is 88.4 Å². The van der Waals surface area contributed by atoms with Crippen molar-refractivity contribution in [3.63, 3.8) is 0 Å². The number of aliphatic hydroxyl groups is 1. The monoisotopic (exact) mass is 212 g/mol. The third-order valence-electron chi connectivity index (χ3n) is 2.20. The summed E-state index contributed by atoms with van der Waals surface area (Å²) in [5.41, 5.74) is 8.15. The summed E-state index contributed by atoms with van der Waals surface area (Å²) in [5, 5.41) is 9.96. The Kier molecular flexibility index (Phi) is 4.73. The number of carbonyl (C=O) groups is 2. The molecule has 5 nitrogen and oxygen atoms in total. The third-order valence-corrected chi connectivity index (χ3v) is 2.20. The molecule has 84 valence electrons. The van der Waals surface area contributed by atoms with Crippen molar-refractivity contribution in [2.24, 2.45) is 17.4 Å². The standard InChI is InChI=1S/C10H16N2O3/c1-3-5-7(8(11)13)10(15,6-4-2)9(12)14/h3-4,7,15H,1-2,5-6H2,(H2,11,13)(H2,12,14). The Morgan fingerprint density at radius 2 is 1.87 bits per heavy atom. The van der Waals surface area contributed by atoms with E-state index in [1.54, 1.807) is 0 Å². The average molecular weight is 212 g/mol. The van der Waals surface area contributed by atoms with Crippen LogP contribution in [0, 0.1) is 5.92 Å². The largest absolute Gasteiger partial charge is 0.379 e. The fourth-order valence-electron chi connectivity index (χ4n) is 1.35. The van der Waals surface area contributed by atoms with Crippen LogP contribution in [-0.4, -0.2) is 22.5 Å². The zero-order valence-corrected chi connectivity index (χ0v) is 8.48. The van der Waals surface area contributed by atoms with Crippen molar-refractivity contribution in [2.75, 3.05) is 0 Å². The van der Waals surface area contributed by atoms with E-state index in [0.717, 1.165) is 0 Å². The highest BCUT2D eigenvalue weighted by Crippen LogP contribution is 2.25. The van der Waals surface area contributed by atoms with Gasteiger partial charge in [-0.2, -0.15) is 0 Å². The number of amides is 2. The van der Waals surface area contributed by atoms with Gasteiger partial charge in [0.15, 0.2) is 5.60 Å². The van der Waals surface area contributed by atoms with Crippen LogP contribution in [0.3, 0.4) is 0 Å². The highest BCUT2D eigenvalue weighted by atomic mass is 16.3. The topological polar surface area (TPSA) is 106 Å². The highest BCUT2D eigenvalue weighted by Gasteiger charge is 2.43. The maximum atomic E-state index is 11.1. The Morgan fingerprint density at radius 1 is 1.33 bits per heavy atom. The molecule has 15 heavy (non-hydrogen) atoms. The first-order valence-electron chi connectivity index (χ1n) is 4.43. The van der Waals surface area contributed by atoms with E-state index >= 15 is 0 Å². The number of rotatable bonds is 7. The van der Waals surface area contributed by atoms with Crippen molar-refractivity contribution in [3.05, 3.63) is 25.3 Å². The molecule has 0 radical (unpaired) electrons. The number of hydrogen-bond acceptors (Lipinski definition) is 3. The maximum absolute atomic E-state index is 11.1. The average Bonchev–Trinajstić information content (AvgIpc) is 2.13. The van der Waals surface area contributed by atoms with E-state index in [2.05, 4.69) is 13.2 Å². The predicted octanol–water partition coefficient (Wildman–Crippen LogP) is -0.544. The molecule has 0 spiro atoms. The van der Waals surface area contributed by atoms with Crippen molar-refractivity contribution in [3.8, 4) is 0 Å². The van der Waals surface area contributed by atoms with E-state index in [1.807, 2.05) is 0 Å². The molecule has 2 atom stereocenters. The van der Waals surface area contributed by atoms with E-state index in [1.165, 1.54) is 12.2 Å². The van der Waals surface area contributed by atoms with E-state index < -0.39 is 23.3 Å². The van der Waals surface area contributed by atoms with Gasteiger partial charge in [-0.15, -0.1) is 13.2 Å². The number of hydrogen-bond donors (Lipinski definition) is 3. The van der Waals surface area contributed by atoms with E-state index in [4.69, 9.17) is 11.5 Å². The molecule has 2 unspecified atom stereocenters. The van der Waals surface area contributed by atoms with Crippen LogP contribution in [0.25, 0.3) is 0 Å². The van der Waals surface area contributed by atoms with Crippen LogP contribution in [0.15, 0.2) is 25.3 Å². The summed E-state index contributed by atoms with van der Waals surface area (Å²) < 4.78 is 0.